The first-order chi connectivity index (χ1) is 9.08. The number of amides is 1. The summed E-state index contributed by atoms with van der Waals surface area (Å²) >= 11 is 0. The van der Waals surface area contributed by atoms with Crippen LogP contribution in [0.2, 0.25) is 0 Å². The molecule has 1 saturated heterocycles. The number of nitrogens with zero attached hydrogens (tertiary/aromatic N) is 1. The van der Waals surface area contributed by atoms with Gasteiger partial charge in [-0.2, -0.15) is 0 Å². The minimum Gasteiger partial charge on any atom is -0.397 e. The van der Waals surface area contributed by atoms with Gasteiger partial charge in [0, 0.05) is 19.3 Å². The van der Waals surface area contributed by atoms with E-state index in [0.717, 1.165) is 26.1 Å². The molecule has 1 fully saturated rings. The molecule has 3 N–H and O–H groups in total. The molecule has 1 aromatic rings. The van der Waals surface area contributed by atoms with Crippen LogP contribution in [0.3, 0.4) is 0 Å². The number of rotatable bonds is 3. The second kappa shape index (κ2) is 6.02. The van der Waals surface area contributed by atoms with Crippen molar-refractivity contribution in [1.29, 1.82) is 0 Å². The normalized spacial score (nSPS) is 18.0. The molecule has 104 valence electrons. The molecule has 19 heavy (non-hydrogen) atoms. The number of aryl methyl sites for hydroxylation is 1. The number of pyridine rings is 1. The SMILES string of the molecule is Cc1ncc(N)cc1C(=O)NC(C)C1CCOCC1. The van der Waals surface area contributed by atoms with Crippen LogP contribution in [0.15, 0.2) is 12.3 Å². The predicted octanol–water partition coefficient (Wildman–Crippen LogP) is 1.52. The van der Waals surface area contributed by atoms with E-state index in [-0.39, 0.29) is 11.9 Å². The summed E-state index contributed by atoms with van der Waals surface area (Å²) in [6, 6.07) is 1.81. The molecule has 1 aromatic heterocycles. The lowest BCUT2D eigenvalue weighted by Crippen LogP contribution is -2.40. The summed E-state index contributed by atoms with van der Waals surface area (Å²) in [4.78, 5) is 16.3. The van der Waals surface area contributed by atoms with Crippen molar-refractivity contribution in [3.05, 3.63) is 23.5 Å². The second-order valence-corrected chi connectivity index (χ2v) is 5.11. The van der Waals surface area contributed by atoms with Crippen LogP contribution in [0.25, 0.3) is 0 Å². The summed E-state index contributed by atoms with van der Waals surface area (Å²) < 4.78 is 5.34. The molecule has 0 bridgehead atoms. The van der Waals surface area contributed by atoms with Gasteiger partial charge < -0.3 is 15.8 Å². The number of carbonyl (C=O) groups excluding carboxylic acids is 1. The van der Waals surface area contributed by atoms with Gasteiger partial charge in [0.05, 0.1) is 23.1 Å². The first kappa shape index (κ1) is 13.8. The van der Waals surface area contributed by atoms with Crippen molar-refractivity contribution in [2.45, 2.75) is 32.7 Å². The van der Waals surface area contributed by atoms with E-state index < -0.39 is 0 Å². The summed E-state index contributed by atoms with van der Waals surface area (Å²) in [5.41, 5.74) is 7.44. The highest BCUT2D eigenvalue weighted by Gasteiger charge is 2.22. The standard InChI is InChI=1S/C14H21N3O2/c1-9(11-3-5-19-6-4-11)17-14(18)13-7-12(15)8-16-10(13)2/h7-9,11H,3-6,15H2,1-2H3,(H,17,18). The van der Waals surface area contributed by atoms with Crippen LogP contribution in [0.4, 0.5) is 5.69 Å². The molecule has 5 nitrogen and oxygen atoms in total. The second-order valence-electron chi connectivity index (χ2n) is 5.11. The smallest absolute Gasteiger partial charge is 0.253 e. The van der Waals surface area contributed by atoms with Gasteiger partial charge in [-0.05, 0) is 38.7 Å². The lowest BCUT2D eigenvalue weighted by Gasteiger charge is -2.28. The highest BCUT2D eigenvalue weighted by Crippen LogP contribution is 2.19. The van der Waals surface area contributed by atoms with Gasteiger partial charge in [-0.3, -0.25) is 9.78 Å². The molecule has 2 rings (SSSR count). The fourth-order valence-electron chi connectivity index (χ4n) is 2.40. The minimum absolute atomic E-state index is 0.101. The maximum atomic E-state index is 12.2. The van der Waals surface area contributed by atoms with Gasteiger partial charge in [-0.25, -0.2) is 0 Å². The Labute approximate surface area is 113 Å². The zero-order valence-corrected chi connectivity index (χ0v) is 11.5. The van der Waals surface area contributed by atoms with Gasteiger partial charge >= 0.3 is 0 Å². The van der Waals surface area contributed by atoms with Crippen molar-refractivity contribution in [2.24, 2.45) is 5.92 Å². The van der Waals surface area contributed by atoms with Crippen LogP contribution in [0.5, 0.6) is 0 Å². The van der Waals surface area contributed by atoms with Crippen LogP contribution in [-0.2, 0) is 4.74 Å². The molecular formula is C14H21N3O2. The Bertz CT molecular complexity index is 456. The van der Waals surface area contributed by atoms with Crippen molar-refractivity contribution in [3.63, 3.8) is 0 Å². The van der Waals surface area contributed by atoms with Crippen LogP contribution >= 0.6 is 0 Å². The van der Waals surface area contributed by atoms with Gasteiger partial charge in [-0.15, -0.1) is 0 Å². The van der Waals surface area contributed by atoms with E-state index in [1.807, 2.05) is 13.8 Å². The number of aromatic nitrogens is 1. The molecule has 5 heteroatoms. The number of anilines is 1. The van der Waals surface area contributed by atoms with Crippen LogP contribution in [0.1, 0.15) is 35.8 Å². The van der Waals surface area contributed by atoms with E-state index in [4.69, 9.17) is 10.5 Å². The third-order valence-electron chi connectivity index (χ3n) is 3.68. The van der Waals surface area contributed by atoms with Crippen molar-refractivity contribution < 1.29 is 9.53 Å². The maximum Gasteiger partial charge on any atom is 0.253 e. The van der Waals surface area contributed by atoms with E-state index in [1.54, 1.807) is 12.3 Å². The Kier molecular flexibility index (Phi) is 4.37. The van der Waals surface area contributed by atoms with Gasteiger partial charge in [0.1, 0.15) is 0 Å². The highest BCUT2D eigenvalue weighted by atomic mass is 16.5. The number of ether oxygens (including phenoxy) is 1. The van der Waals surface area contributed by atoms with E-state index in [0.29, 0.717) is 22.9 Å². The average molecular weight is 263 g/mol. The molecule has 1 atom stereocenters. The predicted molar refractivity (Wildman–Crippen MR) is 73.9 cm³/mol. The minimum atomic E-state index is -0.101. The lowest BCUT2D eigenvalue weighted by molar-refractivity contribution is 0.0538. The molecule has 1 aliphatic rings. The van der Waals surface area contributed by atoms with Crippen molar-refractivity contribution in [3.8, 4) is 0 Å². The molecule has 1 amide bonds. The van der Waals surface area contributed by atoms with Crippen LogP contribution in [-0.4, -0.2) is 30.1 Å². The first-order valence-corrected chi connectivity index (χ1v) is 6.68. The first-order valence-electron chi connectivity index (χ1n) is 6.68. The molecule has 0 saturated carbocycles. The summed E-state index contributed by atoms with van der Waals surface area (Å²) in [6.07, 6.45) is 3.55. The molecule has 1 unspecified atom stereocenters. The summed E-state index contributed by atoms with van der Waals surface area (Å²) in [6.45, 7) is 5.42. The third kappa shape index (κ3) is 3.44. The van der Waals surface area contributed by atoms with E-state index in [2.05, 4.69) is 10.3 Å². The van der Waals surface area contributed by atoms with Crippen molar-refractivity contribution >= 4 is 11.6 Å². The third-order valence-corrected chi connectivity index (χ3v) is 3.68. The number of carbonyl (C=O) groups is 1. The Morgan fingerprint density at radius 2 is 2.21 bits per heavy atom. The Morgan fingerprint density at radius 3 is 2.89 bits per heavy atom. The van der Waals surface area contributed by atoms with Crippen LogP contribution < -0.4 is 11.1 Å². The zero-order chi connectivity index (χ0) is 13.8. The number of nitrogens with two attached hydrogens (primary N) is 1. The molecule has 0 aliphatic carbocycles. The zero-order valence-electron chi connectivity index (χ0n) is 11.5. The van der Waals surface area contributed by atoms with Gasteiger partial charge in [-0.1, -0.05) is 0 Å². The molecule has 2 heterocycles. The summed E-state index contributed by atoms with van der Waals surface area (Å²) in [7, 11) is 0. The molecule has 0 aromatic carbocycles. The largest absolute Gasteiger partial charge is 0.397 e. The molecule has 0 radical (unpaired) electrons. The van der Waals surface area contributed by atoms with E-state index in [1.165, 1.54) is 0 Å². The number of nitrogen functional groups attached to an aromatic ring is 1. The number of hydrogen-bond donors (Lipinski definition) is 2. The summed E-state index contributed by atoms with van der Waals surface area (Å²) in [5, 5.41) is 3.04. The van der Waals surface area contributed by atoms with Crippen molar-refractivity contribution in [1.82, 2.24) is 10.3 Å². The highest BCUT2D eigenvalue weighted by molar-refractivity contribution is 5.96. The Hall–Kier alpha value is -1.62. The Balaban J connectivity index is 2.01. The van der Waals surface area contributed by atoms with E-state index in [9.17, 15) is 4.79 Å². The maximum absolute atomic E-state index is 12.2. The fourth-order valence-corrected chi connectivity index (χ4v) is 2.40. The average Bonchev–Trinajstić information content (AvgIpc) is 2.42. The lowest BCUT2D eigenvalue weighted by atomic mass is 9.92. The summed E-state index contributed by atoms with van der Waals surface area (Å²) in [5.74, 6) is 0.378. The molecular weight excluding hydrogens is 242 g/mol. The van der Waals surface area contributed by atoms with E-state index >= 15 is 0 Å². The monoisotopic (exact) mass is 263 g/mol. The van der Waals surface area contributed by atoms with Gasteiger partial charge in [0.2, 0.25) is 0 Å². The quantitative estimate of drug-likeness (QED) is 0.866. The van der Waals surface area contributed by atoms with Gasteiger partial charge in [0.25, 0.3) is 5.91 Å². The van der Waals surface area contributed by atoms with Crippen LogP contribution in [0, 0.1) is 12.8 Å². The topological polar surface area (TPSA) is 77.2 Å². The number of hydrogen-bond acceptors (Lipinski definition) is 4. The Morgan fingerprint density at radius 1 is 1.53 bits per heavy atom. The number of nitrogens with one attached hydrogen (secondary N) is 1. The van der Waals surface area contributed by atoms with Gasteiger partial charge in [0.15, 0.2) is 0 Å². The molecule has 0 spiro atoms. The van der Waals surface area contributed by atoms with Crippen molar-refractivity contribution in [2.75, 3.05) is 18.9 Å². The fraction of sp³-hybridized carbons (Fsp3) is 0.571. The molecule has 1 aliphatic heterocycles.